The summed E-state index contributed by atoms with van der Waals surface area (Å²) in [6.45, 7) is 5.46. The van der Waals surface area contributed by atoms with E-state index in [1.807, 2.05) is 20.8 Å². The molecular weight excluding hydrogens is 298 g/mol. The van der Waals surface area contributed by atoms with Gasteiger partial charge in [0.15, 0.2) is 0 Å². The minimum Gasteiger partial charge on any atom is -0.465 e. The number of rotatable bonds is 2. The summed E-state index contributed by atoms with van der Waals surface area (Å²) in [5, 5.41) is 2.77. The Balaban J connectivity index is 3.01. The Bertz CT molecular complexity index is 478. The van der Waals surface area contributed by atoms with Gasteiger partial charge < -0.3 is 10.1 Å². The number of carbonyl (C=O) groups is 2. The van der Waals surface area contributed by atoms with E-state index < -0.39 is 11.4 Å². The Labute approximate surface area is 115 Å². The molecule has 1 aromatic rings. The van der Waals surface area contributed by atoms with Gasteiger partial charge in [0.2, 0.25) is 5.91 Å². The van der Waals surface area contributed by atoms with E-state index in [1.54, 1.807) is 18.2 Å². The molecule has 0 unspecified atom stereocenters. The summed E-state index contributed by atoms with van der Waals surface area (Å²) in [7, 11) is 1.32. The SMILES string of the molecule is COC(=O)c1cc(Br)cc(NC(=O)C(C)(C)C)c1. The first-order valence-electron chi connectivity index (χ1n) is 5.44. The highest BCUT2D eigenvalue weighted by Gasteiger charge is 2.21. The third-order valence-corrected chi connectivity index (χ3v) is 2.72. The van der Waals surface area contributed by atoms with E-state index in [9.17, 15) is 9.59 Å². The molecule has 5 heteroatoms. The largest absolute Gasteiger partial charge is 0.465 e. The highest BCUT2D eigenvalue weighted by molar-refractivity contribution is 9.10. The van der Waals surface area contributed by atoms with Gasteiger partial charge in [-0.1, -0.05) is 36.7 Å². The maximum absolute atomic E-state index is 11.9. The number of hydrogen-bond acceptors (Lipinski definition) is 3. The van der Waals surface area contributed by atoms with Crippen molar-refractivity contribution in [3.63, 3.8) is 0 Å². The molecule has 0 atom stereocenters. The van der Waals surface area contributed by atoms with Crippen molar-refractivity contribution in [1.29, 1.82) is 0 Å². The normalized spacial score (nSPS) is 10.9. The Morgan fingerprint density at radius 2 is 1.83 bits per heavy atom. The molecule has 0 radical (unpaired) electrons. The number of nitrogens with one attached hydrogen (secondary N) is 1. The van der Waals surface area contributed by atoms with Crippen molar-refractivity contribution in [3.05, 3.63) is 28.2 Å². The molecular formula is C13H16BrNO3. The Kier molecular flexibility index (Phi) is 4.51. The van der Waals surface area contributed by atoms with Gasteiger partial charge in [0.25, 0.3) is 0 Å². The maximum Gasteiger partial charge on any atom is 0.337 e. The number of ether oxygens (including phenoxy) is 1. The number of carbonyl (C=O) groups excluding carboxylic acids is 2. The topological polar surface area (TPSA) is 55.4 Å². The van der Waals surface area contributed by atoms with Gasteiger partial charge in [-0.3, -0.25) is 4.79 Å². The molecule has 0 saturated carbocycles. The Morgan fingerprint density at radius 3 is 2.33 bits per heavy atom. The molecule has 18 heavy (non-hydrogen) atoms. The summed E-state index contributed by atoms with van der Waals surface area (Å²) in [6, 6.07) is 4.95. The van der Waals surface area contributed by atoms with E-state index in [1.165, 1.54) is 7.11 Å². The van der Waals surface area contributed by atoms with Crippen molar-refractivity contribution in [2.24, 2.45) is 5.41 Å². The van der Waals surface area contributed by atoms with Crippen molar-refractivity contribution < 1.29 is 14.3 Å². The fourth-order valence-corrected chi connectivity index (χ4v) is 1.71. The second kappa shape index (κ2) is 5.52. The van der Waals surface area contributed by atoms with Crippen LogP contribution in [-0.4, -0.2) is 19.0 Å². The minimum atomic E-state index is -0.492. The first-order chi connectivity index (χ1) is 8.24. The molecule has 1 aromatic carbocycles. The molecule has 0 aromatic heterocycles. The third kappa shape index (κ3) is 3.84. The zero-order valence-corrected chi connectivity index (χ0v) is 12.4. The van der Waals surface area contributed by atoms with E-state index >= 15 is 0 Å². The standard InChI is InChI=1S/C13H16BrNO3/c1-13(2,3)12(17)15-10-6-8(11(16)18-4)5-9(14)7-10/h5-7H,1-4H3,(H,15,17). The van der Waals surface area contributed by atoms with Gasteiger partial charge in [-0.05, 0) is 18.2 Å². The van der Waals surface area contributed by atoms with Crippen molar-refractivity contribution >= 4 is 33.5 Å². The molecule has 0 saturated heterocycles. The molecule has 1 amide bonds. The molecule has 0 fully saturated rings. The van der Waals surface area contributed by atoms with Crippen LogP contribution in [0.15, 0.2) is 22.7 Å². The molecule has 0 spiro atoms. The lowest BCUT2D eigenvalue weighted by Crippen LogP contribution is -2.27. The van der Waals surface area contributed by atoms with E-state index in [2.05, 4.69) is 26.0 Å². The van der Waals surface area contributed by atoms with Gasteiger partial charge in [0.1, 0.15) is 0 Å². The summed E-state index contributed by atoms with van der Waals surface area (Å²) >= 11 is 3.29. The van der Waals surface area contributed by atoms with Crippen molar-refractivity contribution in [2.45, 2.75) is 20.8 Å². The van der Waals surface area contributed by atoms with Crippen LogP contribution in [0.5, 0.6) is 0 Å². The van der Waals surface area contributed by atoms with Crippen LogP contribution in [-0.2, 0) is 9.53 Å². The predicted octanol–water partition coefficient (Wildman–Crippen LogP) is 3.22. The molecule has 0 aliphatic carbocycles. The molecule has 0 bridgehead atoms. The van der Waals surface area contributed by atoms with Crippen LogP contribution in [0, 0.1) is 5.41 Å². The summed E-state index contributed by atoms with van der Waals surface area (Å²) in [5.74, 6) is -0.557. The quantitative estimate of drug-likeness (QED) is 0.853. The van der Waals surface area contributed by atoms with Gasteiger partial charge in [0, 0.05) is 15.6 Å². The van der Waals surface area contributed by atoms with Gasteiger partial charge in [-0.15, -0.1) is 0 Å². The van der Waals surface area contributed by atoms with Crippen molar-refractivity contribution in [3.8, 4) is 0 Å². The van der Waals surface area contributed by atoms with Crippen LogP contribution in [0.4, 0.5) is 5.69 Å². The highest BCUT2D eigenvalue weighted by Crippen LogP contribution is 2.23. The molecule has 0 aliphatic heterocycles. The number of anilines is 1. The number of halogens is 1. The molecule has 1 rings (SSSR count). The monoisotopic (exact) mass is 313 g/mol. The van der Waals surface area contributed by atoms with E-state index in [-0.39, 0.29) is 5.91 Å². The fourth-order valence-electron chi connectivity index (χ4n) is 1.22. The van der Waals surface area contributed by atoms with Crippen LogP contribution in [0.2, 0.25) is 0 Å². The fraction of sp³-hybridized carbons (Fsp3) is 0.385. The highest BCUT2D eigenvalue weighted by atomic mass is 79.9. The van der Waals surface area contributed by atoms with Crippen LogP contribution in [0.3, 0.4) is 0 Å². The molecule has 98 valence electrons. The third-order valence-electron chi connectivity index (χ3n) is 2.26. The van der Waals surface area contributed by atoms with Gasteiger partial charge in [-0.25, -0.2) is 4.79 Å². The van der Waals surface area contributed by atoms with Crippen LogP contribution < -0.4 is 5.32 Å². The van der Waals surface area contributed by atoms with E-state index in [0.29, 0.717) is 15.7 Å². The zero-order chi connectivity index (χ0) is 13.9. The lowest BCUT2D eigenvalue weighted by atomic mass is 9.95. The van der Waals surface area contributed by atoms with Crippen LogP contribution in [0.1, 0.15) is 31.1 Å². The smallest absolute Gasteiger partial charge is 0.337 e. The van der Waals surface area contributed by atoms with Crippen LogP contribution >= 0.6 is 15.9 Å². The molecule has 1 N–H and O–H groups in total. The Hall–Kier alpha value is -1.36. The zero-order valence-electron chi connectivity index (χ0n) is 10.8. The molecule has 4 nitrogen and oxygen atoms in total. The lowest BCUT2D eigenvalue weighted by Gasteiger charge is -2.18. The summed E-state index contributed by atoms with van der Waals surface area (Å²) in [6.07, 6.45) is 0. The van der Waals surface area contributed by atoms with E-state index in [4.69, 9.17) is 0 Å². The summed E-state index contributed by atoms with van der Waals surface area (Å²) in [5.41, 5.74) is 0.453. The Morgan fingerprint density at radius 1 is 1.22 bits per heavy atom. The number of benzene rings is 1. The lowest BCUT2D eigenvalue weighted by molar-refractivity contribution is -0.123. The summed E-state index contributed by atoms with van der Waals surface area (Å²) in [4.78, 5) is 23.3. The number of hydrogen-bond donors (Lipinski definition) is 1. The first-order valence-corrected chi connectivity index (χ1v) is 6.23. The molecule has 0 heterocycles. The average molecular weight is 314 g/mol. The van der Waals surface area contributed by atoms with Crippen molar-refractivity contribution in [1.82, 2.24) is 0 Å². The first kappa shape index (κ1) is 14.7. The average Bonchev–Trinajstić information content (AvgIpc) is 2.25. The summed E-state index contributed by atoms with van der Waals surface area (Å²) < 4.78 is 5.35. The van der Waals surface area contributed by atoms with Gasteiger partial charge in [0.05, 0.1) is 12.7 Å². The number of amides is 1. The second-order valence-electron chi connectivity index (χ2n) is 4.92. The predicted molar refractivity (Wildman–Crippen MR) is 73.6 cm³/mol. The maximum atomic E-state index is 11.9. The molecule has 0 aliphatic rings. The van der Waals surface area contributed by atoms with Gasteiger partial charge >= 0.3 is 5.97 Å². The van der Waals surface area contributed by atoms with Crippen molar-refractivity contribution in [2.75, 3.05) is 12.4 Å². The van der Waals surface area contributed by atoms with Gasteiger partial charge in [-0.2, -0.15) is 0 Å². The minimum absolute atomic E-state index is 0.114. The number of methoxy groups -OCH3 is 1. The number of esters is 1. The second-order valence-corrected chi connectivity index (χ2v) is 5.84. The van der Waals surface area contributed by atoms with Crippen LogP contribution in [0.25, 0.3) is 0 Å². The van der Waals surface area contributed by atoms with E-state index in [0.717, 1.165) is 0 Å².